The highest BCUT2D eigenvalue weighted by atomic mass is 16.1. The second-order valence-corrected chi connectivity index (χ2v) is 4.74. The summed E-state index contributed by atoms with van der Waals surface area (Å²) in [6.07, 6.45) is 0. The van der Waals surface area contributed by atoms with Crippen LogP contribution in [0.2, 0.25) is 0 Å². The summed E-state index contributed by atoms with van der Waals surface area (Å²) in [7, 11) is 0. The molecule has 0 fully saturated rings. The number of hydrogen-bond donors (Lipinski definition) is 3. The van der Waals surface area contributed by atoms with Crippen molar-refractivity contribution in [2.75, 3.05) is 11.1 Å². The van der Waals surface area contributed by atoms with Crippen molar-refractivity contribution < 1.29 is 9.59 Å². The van der Waals surface area contributed by atoms with E-state index in [4.69, 9.17) is 11.5 Å². The second kappa shape index (κ2) is 6.09. The van der Waals surface area contributed by atoms with Crippen LogP contribution < -0.4 is 16.8 Å². The van der Waals surface area contributed by atoms with Gasteiger partial charge in [-0.2, -0.15) is 0 Å². The van der Waals surface area contributed by atoms with Gasteiger partial charge in [-0.25, -0.2) is 0 Å². The molecule has 0 heterocycles. The third-order valence-corrected chi connectivity index (χ3v) is 3.11. The first kappa shape index (κ1) is 15.2. The van der Waals surface area contributed by atoms with Crippen LogP contribution in [0.5, 0.6) is 0 Å². The fraction of sp³-hybridized carbons (Fsp3) is 0.0625. The molecule has 0 aromatic heterocycles. The van der Waals surface area contributed by atoms with Crippen LogP contribution in [0.3, 0.4) is 0 Å². The molecule has 0 unspecified atom stereocenters. The number of benzene rings is 2. The molecule has 0 atom stereocenters. The zero-order valence-electron chi connectivity index (χ0n) is 12.1. The minimum Gasteiger partial charge on any atom is -0.398 e. The topological polar surface area (TPSA) is 111 Å². The maximum Gasteiger partial charge on any atom is 0.248 e. The van der Waals surface area contributed by atoms with Gasteiger partial charge in [-0.1, -0.05) is 6.07 Å². The van der Waals surface area contributed by atoms with Crippen LogP contribution in [-0.2, 0) is 4.79 Å². The molecule has 0 aliphatic rings. The lowest BCUT2D eigenvalue weighted by Gasteiger charge is -2.12. The highest BCUT2D eigenvalue weighted by molar-refractivity contribution is 5.97. The summed E-state index contributed by atoms with van der Waals surface area (Å²) in [4.78, 5) is 26.3. The lowest BCUT2D eigenvalue weighted by Crippen LogP contribution is -2.10. The third-order valence-electron chi connectivity index (χ3n) is 3.11. The van der Waals surface area contributed by atoms with Crippen LogP contribution in [0.1, 0.15) is 17.3 Å². The molecular formula is C16H16N4O2. The summed E-state index contributed by atoms with van der Waals surface area (Å²) in [6.45, 7) is 4.93. The van der Waals surface area contributed by atoms with E-state index in [0.717, 1.165) is 0 Å². The van der Waals surface area contributed by atoms with Crippen LogP contribution in [0.15, 0.2) is 41.4 Å². The number of carbonyl (C=O) groups is 2. The number of nitrogens with two attached hydrogens (primary N) is 2. The molecule has 0 aliphatic heterocycles. The zero-order valence-corrected chi connectivity index (χ0v) is 12.1. The summed E-state index contributed by atoms with van der Waals surface area (Å²) >= 11 is 0. The first-order valence-corrected chi connectivity index (χ1v) is 6.50. The van der Waals surface area contributed by atoms with E-state index >= 15 is 0 Å². The lowest BCUT2D eigenvalue weighted by molar-refractivity contribution is -0.114. The number of hydrogen-bond acceptors (Lipinski definition) is 4. The molecule has 22 heavy (non-hydrogen) atoms. The van der Waals surface area contributed by atoms with E-state index in [9.17, 15) is 9.59 Å². The van der Waals surface area contributed by atoms with Crippen molar-refractivity contribution in [3.63, 3.8) is 0 Å². The Hall–Kier alpha value is -3.15. The number of rotatable bonds is 4. The van der Waals surface area contributed by atoms with Crippen molar-refractivity contribution in [1.82, 2.24) is 0 Å². The van der Waals surface area contributed by atoms with Crippen LogP contribution in [0.4, 0.5) is 17.1 Å². The predicted molar refractivity (Wildman–Crippen MR) is 88.3 cm³/mol. The molecule has 0 radical (unpaired) electrons. The third kappa shape index (κ3) is 3.12. The van der Waals surface area contributed by atoms with Crippen LogP contribution in [0, 0.1) is 0 Å². The minimum atomic E-state index is -0.537. The van der Waals surface area contributed by atoms with Crippen molar-refractivity contribution in [3.8, 4) is 11.1 Å². The normalized spacial score (nSPS) is 10.0. The summed E-state index contributed by atoms with van der Waals surface area (Å²) in [5, 5.41) is 2.65. The summed E-state index contributed by atoms with van der Waals surface area (Å²) < 4.78 is 0. The molecule has 0 spiro atoms. The van der Waals surface area contributed by atoms with Gasteiger partial charge in [-0.15, -0.1) is 0 Å². The molecule has 0 aliphatic carbocycles. The number of carbonyl (C=O) groups excluding carboxylic acids is 2. The monoisotopic (exact) mass is 296 g/mol. The Morgan fingerprint density at radius 3 is 2.41 bits per heavy atom. The molecule has 2 amide bonds. The van der Waals surface area contributed by atoms with Gasteiger partial charge in [0.15, 0.2) is 0 Å². The number of amides is 2. The molecule has 112 valence electrons. The predicted octanol–water partition coefficient (Wildman–Crippen LogP) is 2.33. The maximum atomic E-state index is 11.3. The number of nitrogens with zero attached hydrogens (tertiary/aromatic N) is 1. The molecule has 6 nitrogen and oxygen atoms in total. The smallest absolute Gasteiger partial charge is 0.248 e. The van der Waals surface area contributed by atoms with Crippen molar-refractivity contribution in [2.24, 2.45) is 10.7 Å². The van der Waals surface area contributed by atoms with Gasteiger partial charge < -0.3 is 16.8 Å². The van der Waals surface area contributed by atoms with Gasteiger partial charge in [-0.3, -0.25) is 14.6 Å². The molecule has 2 rings (SSSR count). The van der Waals surface area contributed by atoms with E-state index in [1.807, 2.05) is 0 Å². The fourth-order valence-corrected chi connectivity index (χ4v) is 2.13. The lowest BCUT2D eigenvalue weighted by atomic mass is 9.99. The quantitative estimate of drug-likeness (QED) is 0.594. The minimum absolute atomic E-state index is 0.184. The Bertz CT molecular complexity index is 769. The van der Waals surface area contributed by atoms with Gasteiger partial charge >= 0.3 is 0 Å². The van der Waals surface area contributed by atoms with Gasteiger partial charge in [0.1, 0.15) is 0 Å². The Kier molecular flexibility index (Phi) is 4.22. The van der Waals surface area contributed by atoms with Crippen LogP contribution >= 0.6 is 0 Å². The first-order valence-electron chi connectivity index (χ1n) is 6.50. The van der Waals surface area contributed by atoms with Crippen molar-refractivity contribution >= 4 is 35.6 Å². The van der Waals surface area contributed by atoms with Gasteiger partial charge in [0.25, 0.3) is 0 Å². The van der Waals surface area contributed by atoms with Gasteiger partial charge in [0, 0.05) is 35.0 Å². The molecule has 2 aromatic carbocycles. The van der Waals surface area contributed by atoms with Crippen LogP contribution in [-0.4, -0.2) is 18.5 Å². The van der Waals surface area contributed by atoms with Crippen molar-refractivity contribution in [1.29, 1.82) is 0 Å². The van der Waals surface area contributed by atoms with Crippen molar-refractivity contribution in [2.45, 2.75) is 6.92 Å². The molecule has 0 saturated carbocycles. The van der Waals surface area contributed by atoms with Crippen molar-refractivity contribution in [3.05, 3.63) is 42.0 Å². The molecule has 2 aromatic rings. The second-order valence-electron chi connectivity index (χ2n) is 4.74. The Morgan fingerprint density at radius 2 is 1.86 bits per heavy atom. The number of aliphatic imine (C=N–C) groups is 1. The molecular weight excluding hydrogens is 280 g/mol. The average molecular weight is 296 g/mol. The molecule has 5 N–H and O–H groups in total. The van der Waals surface area contributed by atoms with Gasteiger partial charge in [0.2, 0.25) is 11.8 Å². The largest absolute Gasteiger partial charge is 0.398 e. The number of primary amides is 1. The SMILES string of the molecule is C=Nc1ccc(C(N)=O)cc1-c1ccc(NC(C)=O)cc1N. The van der Waals surface area contributed by atoms with E-state index in [-0.39, 0.29) is 5.91 Å². The fourth-order valence-electron chi connectivity index (χ4n) is 2.13. The van der Waals surface area contributed by atoms with Gasteiger partial charge in [-0.05, 0) is 37.0 Å². The van der Waals surface area contributed by atoms with E-state index < -0.39 is 5.91 Å². The van der Waals surface area contributed by atoms with E-state index in [2.05, 4.69) is 17.0 Å². The Balaban J connectivity index is 2.55. The first-order chi connectivity index (χ1) is 10.4. The maximum absolute atomic E-state index is 11.3. The van der Waals surface area contributed by atoms with E-state index in [1.54, 1.807) is 36.4 Å². The zero-order chi connectivity index (χ0) is 16.3. The van der Waals surface area contributed by atoms with Crippen LogP contribution in [0.25, 0.3) is 11.1 Å². The summed E-state index contributed by atoms with van der Waals surface area (Å²) in [6, 6.07) is 9.96. The number of nitrogen functional groups attached to an aromatic ring is 1. The van der Waals surface area contributed by atoms with Gasteiger partial charge in [0.05, 0.1) is 5.69 Å². The van der Waals surface area contributed by atoms with E-state index in [0.29, 0.717) is 33.8 Å². The Labute approximate surface area is 127 Å². The average Bonchev–Trinajstić information content (AvgIpc) is 2.46. The number of nitrogens with one attached hydrogen (secondary N) is 1. The van der Waals surface area contributed by atoms with E-state index in [1.165, 1.54) is 6.92 Å². The highest BCUT2D eigenvalue weighted by Crippen LogP contribution is 2.35. The summed E-state index contributed by atoms with van der Waals surface area (Å²) in [5.41, 5.74) is 14.7. The highest BCUT2D eigenvalue weighted by Gasteiger charge is 2.11. The number of anilines is 2. The standard InChI is InChI=1S/C16H16N4O2/c1-9(21)20-11-4-5-12(14(17)8-11)13-7-10(16(18)22)3-6-15(13)19-2/h3-8H,2,17H2,1H3,(H2,18,22)(H,20,21). The Morgan fingerprint density at radius 1 is 1.14 bits per heavy atom. The molecule has 0 saturated heterocycles. The molecule has 6 heteroatoms. The summed E-state index contributed by atoms with van der Waals surface area (Å²) in [5.74, 6) is -0.721. The molecule has 0 bridgehead atoms.